The number of aryl methyl sites for hydroxylation is 1. The van der Waals surface area contributed by atoms with Crippen molar-refractivity contribution in [1.29, 1.82) is 0 Å². The van der Waals surface area contributed by atoms with Gasteiger partial charge in [-0.05, 0) is 36.2 Å². The Kier molecular flexibility index (Phi) is 3.59. The summed E-state index contributed by atoms with van der Waals surface area (Å²) in [5, 5.41) is 4.23. The molecule has 20 heavy (non-hydrogen) atoms. The molecule has 3 nitrogen and oxygen atoms in total. The summed E-state index contributed by atoms with van der Waals surface area (Å²) in [5.74, 6) is 0. The predicted molar refractivity (Wildman–Crippen MR) is 79.6 cm³/mol. The Bertz CT molecular complexity index is 673. The maximum absolute atomic E-state index is 4.74. The Labute approximate surface area is 118 Å². The van der Waals surface area contributed by atoms with Gasteiger partial charge >= 0.3 is 0 Å². The fraction of sp³-hybridized carbons (Fsp3) is 0.176. The maximum Gasteiger partial charge on any atom is 0.0831 e. The highest BCUT2D eigenvalue weighted by atomic mass is 15.3. The molecule has 0 atom stereocenters. The van der Waals surface area contributed by atoms with Crippen LogP contribution in [0.25, 0.3) is 0 Å². The Morgan fingerprint density at radius 3 is 2.55 bits per heavy atom. The van der Waals surface area contributed by atoms with Crippen LogP contribution < -0.4 is 0 Å². The lowest BCUT2D eigenvalue weighted by Crippen LogP contribution is -2.05. The van der Waals surface area contributed by atoms with E-state index < -0.39 is 0 Å². The van der Waals surface area contributed by atoms with Gasteiger partial charge in [0, 0.05) is 24.5 Å². The smallest absolute Gasteiger partial charge is 0.0831 e. The van der Waals surface area contributed by atoms with Crippen LogP contribution in [0.2, 0.25) is 0 Å². The lowest BCUT2D eigenvalue weighted by Gasteiger charge is -2.07. The average Bonchev–Trinajstić information content (AvgIpc) is 2.92. The number of rotatable bonds is 4. The molecule has 3 rings (SSSR count). The highest BCUT2D eigenvalue weighted by Crippen LogP contribution is 2.11. The molecule has 3 aromatic rings. The van der Waals surface area contributed by atoms with Crippen LogP contribution in [0.3, 0.4) is 0 Å². The van der Waals surface area contributed by atoms with Crippen molar-refractivity contribution in [2.24, 2.45) is 0 Å². The monoisotopic (exact) mass is 263 g/mol. The molecule has 0 aliphatic carbocycles. The molecular weight excluding hydrogens is 246 g/mol. The summed E-state index contributed by atoms with van der Waals surface area (Å²) < 4.78 is 1.90. The number of hydrogen-bond donors (Lipinski definition) is 0. The van der Waals surface area contributed by atoms with E-state index in [-0.39, 0.29) is 0 Å². The third-order valence-corrected chi connectivity index (χ3v) is 3.19. The molecule has 0 bridgehead atoms. The van der Waals surface area contributed by atoms with Gasteiger partial charge in [-0.1, -0.05) is 30.3 Å². The summed E-state index contributed by atoms with van der Waals surface area (Å²) in [6.07, 6.45) is 4.62. The summed E-state index contributed by atoms with van der Waals surface area (Å²) in [5.41, 5.74) is 4.70. The van der Waals surface area contributed by atoms with Crippen molar-refractivity contribution in [3.63, 3.8) is 0 Å². The SMILES string of the molecule is Cc1cc(Cc2ccccc2)nc(Cn2cccn2)c1. The first kappa shape index (κ1) is 12.6. The second-order valence-electron chi connectivity index (χ2n) is 4.99. The molecule has 0 spiro atoms. The van der Waals surface area contributed by atoms with E-state index in [1.54, 1.807) is 6.20 Å². The first-order valence-corrected chi connectivity index (χ1v) is 6.77. The second-order valence-corrected chi connectivity index (χ2v) is 4.99. The Morgan fingerprint density at radius 1 is 1.00 bits per heavy atom. The van der Waals surface area contributed by atoms with Crippen molar-refractivity contribution in [2.75, 3.05) is 0 Å². The van der Waals surface area contributed by atoms with Gasteiger partial charge in [0.2, 0.25) is 0 Å². The lowest BCUT2D eigenvalue weighted by atomic mass is 10.1. The molecule has 0 saturated heterocycles. The fourth-order valence-electron chi connectivity index (χ4n) is 2.35. The minimum absolute atomic E-state index is 0.719. The van der Waals surface area contributed by atoms with Crippen LogP contribution in [0.4, 0.5) is 0 Å². The number of pyridine rings is 1. The molecule has 0 radical (unpaired) electrons. The first-order chi connectivity index (χ1) is 9.79. The molecule has 2 heterocycles. The number of hydrogen-bond acceptors (Lipinski definition) is 2. The van der Waals surface area contributed by atoms with Crippen LogP contribution in [0.15, 0.2) is 60.9 Å². The zero-order valence-electron chi connectivity index (χ0n) is 11.5. The van der Waals surface area contributed by atoms with Crippen LogP contribution in [0.5, 0.6) is 0 Å². The third kappa shape index (κ3) is 3.12. The maximum atomic E-state index is 4.74. The molecule has 0 aliphatic rings. The van der Waals surface area contributed by atoms with Crippen LogP contribution in [0.1, 0.15) is 22.5 Å². The van der Waals surface area contributed by atoms with Gasteiger partial charge < -0.3 is 0 Å². The summed E-state index contributed by atoms with van der Waals surface area (Å²) in [6, 6.07) is 16.6. The van der Waals surface area contributed by atoms with Crippen LogP contribution in [0, 0.1) is 6.92 Å². The van der Waals surface area contributed by atoms with Crippen LogP contribution >= 0.6 is 0 Å². The van der Waals surface area contributed by atoms with E-state index in [9.17, 15) is 0 Å². The van der Waals surface area contributed by atoms with Gasteiger partial charge in [-0.2, -0.15) is 5.10 Å². The molecule has 3 heteroatoms. The molecule has 0 saturated carbocycles. The van der Waals surface area contributed by atoms with Gasteiger partial charge in [-0.25, -0.2) is 0 Å². The van der Waals surface area contributed by atoms with Crippen molar-refractivity contribution in [1.82, 2.24) is 14.8 Å². The Morgan fingerprint density at radius 2 is 1.80 bits per heavy atom. The van der Waals surface area contributed by atoms with Gasteiger partial charge in [0.1, 0.15) is 0 Å². The van der Waals surface area contributed by atoms with E-state index in [1.165, 1.54) is 11.1 Å². The largest absolute Gasteiger partial charge is 0.267 e. The molecule has 2 aromatic heterocycles. The van der Waals surface area contributed by atoms with Gasteiger partial charge in [-0.3, -0.25) is 9.67 Å². The lowest BCUT2D eigenvalue weighted by molar-refractivity contribution is 0.669. The standard InChI is InChI=1S/C17H17N3/c1-14-10-16(12-15-6-3-2-4-7-15)19-17(11-14)13-20-9-5-8-18-20/h2-11H,12-13H2,1H3. The number of nitrogens with zero attached hydrogens (tertiary/aromatic N) is 3. The van der Waals surface area contributed by atoms with Crippen molar-refractivity contribution in [3.8, 4) is 0 Å². The van der Waals surface area contributed by atoms with Crippen molar-refractivity contribution >= 4 is 0 Å². The molecule has 0 N–H and O–H groups in total. The van der Waals surface area contributed by atoms with Crippen molar-refractivity contribution in [2.45, 2.75) is 19.9 Å². The van der Waals surface area contributed by atoms with Crippen molar-refractivity contribution < 1.29 is 0 Å². The molecule has 0 unspecified atom stereocenters. The first-order valence-electron chi connectivity index (χ1n) is 6.77. The highest BCUT2D eigenvalue weighted by molar-refractivity contribution is 5.26. The van der Waals surface area contributed by atoms with Crippen LogP contribution in [-0.2, 0) is 13.0 Å². The van der Waals surface area contributed by atoms with E-state index in [4.69, 9.17) is 4.98 Å². The third-order valence-electron chi connectivity index (χ3n) is 3.19. The quantitative estimate of drug-likeness (QED) is 0.723. The molecule has 0 fully saturated rings. The Balaban J connectivity index is 1.83. The van der Waals surface area contributed by atoms with E-state index in [0.29, 0.717) is 0 Å². The normalized spacial score (nSPS) is 10.7. The molecule has 0 amide bonds. The van der Waals surface area contributed by atoms with Gasteiger partial charge in [0.25, 0.3) is 0 Å². The van der Waals surface area contributed by atoms with Crippen LogP contribution in [-0.4, -0.2) is 14.8 Å². The van der Waals surface area contributed by atoms with E-state index in [2.05, 4.69) is 48.4 Å². The summed E-state index contributed by atoms with van der Waals surface area (Å²) in [7, 11) is 0. The van der Waals surface area contributed by atoms with E-state index >= 15 is 0 Å². The van der Waals surface area contributed by atoms with E-state index in [0.717, 1.165) is 24.4 Å². The van der Waals surface area contributed by atoms with Crippen molar-refractivity contribution in [3.05, 3.63) is 83.4 Å². The summed E-state index contributed by atoms with van der Waals surface area (Å²) in [6.45, 7) is 2.83. The molecule has 0 aliphatic heterocycles. The van der Waals surface area contributed by atoms with Gasteiger partial charge in [-0.15, -0.1) is 0 Å². The minimum Gasteiger partial charge on any atom is -0.267 e. The fourth-order valence-corrected chi connectivity index (χ4v) is 2.35. The molecule has 1 aromatic carbocycles. The zero-order valence-corrected chi connectivity index (χ0v) is 11.5. The second kappa shape index (κ2) is 5.70. The highest BCUT2D eigenvalue weighted by Gasteiger charge is 2.03. The number of benzene rings is 1. The Hall–Kier alpha value is -2.42. The van der Waals surface area contributed by atoms with Gasteiger partial charge in [0.15, 0.2) is 0 Å². The molecule has 100 valence electrons. The molecular formula is C17H17N3. The van der Waals surface area contributed by atoms with Gasteiger partial charge in [0.05, 0.1) is 12.2 Å². The minimum atomic E-state index is 0.719. The zero-order chi connectivity index (χ0) is 13.8. The topological polar surface area (TPSA) is 30.7 Å². The van der Waals surface area contributed by atoms with E-state index in [1.807, 2.05) is 23.0 Å². The number of aromatic nitrogens is 3. The summed E-state index contributed by atoms with van der Waals surface area (Å²) in [4.78, 5) is 4.74. The summed E-state index contributed by atoms with van der Waals surface area (Å²) >= 11 is 0. The predicted octanol–water partition coefficient (Wildman–Crippen LogP) is 3.23. The average molecular weight is 263 g/mol.